The van der Waals surface area contributed by atoms with Crippen molar-refractivity contribution >= 4 is 11.7 Å². The number of anilines is 1. The van der Waals surface area contributed by atoms with Crippen LogP contribution in [0.15, 0.2) is 54.6 Å². The third-order valence-corrected chi connectivity index (χ3v) is 3.99. The number of para-hydroxylation sites is 2. The molecule has 6 heteroatoms. The molecule has 0 saturated heterocycles. The first-order chi connectivity index (χ1) is 13.1. The number of nitrogens with zero attached hydrogens (tertiary/aromatic N) is 2. The molecule has 0 saturated carbocycles. The fraction of sp³-hybridized carbons (Fsp3) is 0.381. The summed E-state index contributed by atoms with van der Waals surface area (Å²) in [5, 5.41) is 2.98. The van der Waals surface area contributed by atoms with Crippen molar-refractivity contribution in [1.82, 2.24) is 9.80 Å². The van der Waals surface area contributed by atoms with E-state index in [1.807, 2.05) is 68.7 Å². The zero-order chi connectivity index (χ0) is 19.5. The van der Waals surface area contributed by atoms with E-state index in [0.29, 0.717) is 37.7 Å². The number of hydrogen-bond donors (Lipinski definition) is 1. The first-order valence-electron chi connectivity index (χ1n) is 9.05. The van der Waals surface area contributed by atoms with Crippen LogP contribution in [0.3, 0.4) is 0 Å². The minimum atomic E-state index is -0.150. The second kappa shape index (κ2) is 11.2. The van der Waals surface area contributed by atoms with Crippen LogP contribution in [0.25, 0.3) is 0 Å². The third-order valence-electron chi connectivity index (χ3n) is 3.99. The van der Waals surface area contributed by atoms with Gasteiger partial charge in [0.15, 0.2) is 0 Å². The van der Waals surface area contributed by atoms with Gasteiger partial charge in [0.1, 0.15) is 12.4 Å². The molecule has 2 aromatic rings. The number of nitrogens with one attached hydrogen (secondary N) is 1. The van der Waals surface area contributed by atoms with Gasteiger partial charge in [-0.25, -0.2) is 4.79 Å². The molecule has 2 rings (SSSR count). The van der Waals surface area contributed by atoms with Crippen molar-refractivity contribution in [2.24, 2.45) is 0 Å². The normalized spacial score (nSPS) is 10.7. The second-order valence-electron chi connectivity index (χ2n) is 6.48. The first kappa shape index (κ1) is 20.7. The molecule has 0 fully saturated rings. The molecule has 0 aliphatic heterocycles. The Balaban J connectivity index is 2.08. The zero-order valence-electron chi connectivity index (χ0n) is 16.4. The van der Waals surface area contributed by atoms with E-state index in [1.165, 1.54) is 0 Å². The molecule has 0 spiro atoms. The van der Waals surface area contributed by atoms with Gasteiger partial charge in [0.05, 0.1) is 12.3 Å². The van der Waals surface area contributed by atoms with E-state index in [2.05, 4.69) is 10.2 Å². The Morgan fingerprint density at radius 2 is 1.67 bits per heavy atom. The number of urea groups is 1. The molecule has 1 N–H and O–H groups in total. The Morgan fingerprint density at radius 1 is 0.963 bits per heavy atom. The monoisotopic (exact) mass is 371 g/mol. The highest BCUT2D eigenvalue weighted by atomic mass is 16.5. The van der Waals surface area contributed by atoms with Gasteiger partial charge >= 0.3 is 6.03 Å². The van der Waals surface area contributed by atoms with Gasteiger partial charge in [0.25, 0.3) is 0 Å². The van der Waals surface area contributed by atoms with Crippen molar-refractivity contribution in [2.45, 2.75) is 6.54 Å². The molecule has 146 valence electrons. The summed E-state index contributed by atoms with van der Waals surface area (Å²) in [5.74, 6) is 0.634. The number of amides is 2. The molecular weight excluding hydrogens is 342 g/mol. The molecule has 0 radical (unpaired) electrons. The van der Waals surface area contributed by atoms with Crippen LogP contribution in [0.1, 0.15) is 5.56 Å². The highest BCUT2D eigenvalue weighted by Crippen LogP contribution is 2.24. The summed E-state index contributed by atoms with van der Waals surface area (Å²) in [7, 11) is 5.62. The van der Waals surface area contributed by atoms with Gasteiger partial charge in [-0.2, -0.15) is 0 Å². The van der Waals surface area contributed by atoms with Crippen LogP contribution in [0.5, 0.6) is 5.75 Å². The van der Waals surface area contributed by atoms with Crippen LogP contribution >= 0.6 is 0 Å². The number of benzene rings is 2. The van der Waals surface area contributed by atoms with E-state index in [9.17, 15) is 4.79 Å². The number of carbonyl (C=O) groups excluding carboxylic acids is 1. The Hall–Kier alpha value is -2.57. The fourth-order valence-electron chi connectivity index (χ4n) is 2.50. The molecule has 27 heavy (non-hydrogen) atoms. The molecule has 0 unspecified atom stereocenters. The van der Waals surface area contributed by atoms with Gasteiger partial charge in [0, 0.05) is 26.7 Å². The maximum Gasteiger partial charge on any atom is 0.322 e. The van der Waals surface area contributed by atoms with Gasteiger partial charge in [0.2, 0.25) is 0 Å². The summed E-state index contributed by atoms with van der Waals surface area (Å²) in [6.07, 6.45) is 0. The first-order valence-corrected chi connectivity index (χ1v) is 9.05. The van der Waals surface area contributed by atoms with Gasteiger partial charge in [-0.15, -0.1) is 0 Å². The van der Waals surface area contributed by atoms with Crippen molar-refractivity contribution in [1.29, 1.82) is 0 Å². The quantitative estimate of drug-likeness (QED) is 0.651. The van der Waals surface area contributed by atoms with Crippen molar-refractivity contribution < 1.29 is 14.3 Å². The van der Waals surface area contributed by atoms with E-state index in [-0.39, 0.29) is 6.03 Å². The van der Waals surface area contributed by atoms with Crippen LogP contribution in [-0.2, 0) is 11.3 Å². The van der Waals surface area contributed by atoms with Gasteiger partial charge in [-0.1, -0.05) is 42.5 Å². The maximum absolute atomic E-state index is 12.9. The van der Waals surface area contributed by atoms with Crippen molar-refractivity contribution in [3.63, 3.8) is 0 Å². The molecular formula is C21H29N3O3. The Bertz CT molecular complexity index is 692. The van der Waals surface area contributed by atoms with E-state index in [4.69, 9.17) is 9.47 Å². The number of carbonyl (C=O) groups is 1. The third kappa shape index (κ3) is 7.29. The highest BCUT2D eigenvalue weighted by Gasteiger charge is 2.16. The largest absolute Gasteiger partial charge is 0.489 e. The predicted octanol–water partition coefficient (Wildman–Crippen LogP) is 3.31. The topological polar surface area (TPSA) is 54.0 Å². The van der Waals surface area contributed by atoms with Gasteiger partial charge in [-0.3, -0.25) is 0 Å². The molecule has 0 atom stereocenters. The van der Waals surface area contributed by atoms with E-state index in [0.717, 1.165) is 12.1 Å². The Morgan fingerprint density at radius 3 is 2.37 bits per heavy atom. The SMILES string of the molecule is COCCOc1ccccc1NC(=O)N(CCN(C)C)Cc1ccccc1. The molecule has 0 aliphatic carbocycles. The second-order valence-corrected chi connectivity index (χ2v) is 6.48. The standard InChI is InChI=1S/C21H29N3O3/c1-23(2)13-14-24(17-18-9-5-4-6-10-18)21(25)22-19-11-7-8-12-20(19)27-16-15-26-3/h4-12H,13-17H2,1-3H3,(H,22,25). The van der Waals surface area contributed by atoms with E-state index in [1.54, 1.807) is 12.0 Å². The maximum atomic E-state index is 12.9. The molecule has 6 nitrogen and oxygen atoms in total. The number of rotatable bonds is 10. The van der Waals surface area contributed by atoms with Crippen LogP contribution in [0.2, 0.25) is 0 Å². The number of methoxy groups -OCH3 is 1. The average molecular weight is 371 g/mol. The van der Waals surface area contributed by atoms with Crippen LogP contribution in [0, 0.1) is 0 Å². The summed E-state index contributed by atoms with van der Waals surface area (Å²) >= 11 is 0. The van der Waals surface area contributed by atoms with Crippen LogP contribution in [0.4, 0.5) is 10.5 Å². The van der Waals surface area contributed by atoms with Crippen LogP contribution in [-0.4, -0.2) is 63.3 Å². The fourth-order valence-corrected chi connectivity index (χ4v) is 2.50. The van der Waals surface area contributed by atoms with Crippen molar-refractivity contribution in [3.8, 4) is 5.75 Å². The summed E-state index contributed by atoms with van der Waals surface area (Å²) in [6, 6.07) is 17.3. The Labute approximate surface area is 161 Å². The van der Waals surface area contributed by atoms with Crippen LogP contribution < -0.4 is 10.1 Å². The number of hydrogen-bond acceptors (Lipinski definition) is 4. The molecule has 0 aromatic heterocycles. The average Bonchev–Trinajstić information content (AvgIpc) is 2.67. The molecule has 2 amide bonds. The van der Waals surface area contributed by atoms with Gasteiger partial charge in [-0.05, 0) is 31.8 Å². The number of likely N-dealkylation sites (N-methyl/N-ethyl adjacent to an activating group) is 1. The lowest BCUT2D eigenvalue weighted by atomic mass is 10.2. The summed E-state index contributed by atoms with van der Waals surface area (Å²) in [6.45, 7) is 2.88. The smallest absolute Gasteiger partial charge is 0.322 e. The summed E-state index contributed by atoms with van der Waals surface area (Å²) in [4.78, 5) is 16.8. The van der Waals surface area contributed by atoms with Crippen molar-refractivity contribution in [2.75, 3.05) is 52.8 Å². The molecule has 0 heterocycles. The number of ether oxygens (including phenoxy) is 2. The van der Waals surface area contributed by atoms with E-state index < -0.39 is 0 Å². The Kier molecular flexibility index (Phi) is 8.61. The predicted molar refractivity (Wildman–Crippen MR) is 108 cm³/mol. The molecule has 2 aromatic carbocycles. The summed E-state index contributed by atoms with van der Waals surface area (Å²) in [5.41, 5.74) is 1.75. The van der Waals surface area contributed by atoms with Crippen molar-refractivity contribution in [3.05, 3.63) is 60.2 Å². The summed E-state index contributed by atoms with van der Waals surface area (Å²) < 4.78 is 10.7. The van der Waals surface area contributed by atoms with E-state index >= 15 is 0 Å². The highest BCUT2D eigenvalue weighted by molar-refractivity contribution is 5.91. The minimum absolute atomic E-state index is 0.150. The lowest BCUT2D eigenvalue weighted by molar-refractivity contribution is 0.146. The molecule has 0 bridgehead atoms. The minimum Gasteiger partial charge on any atom is -0.489 e. The zero-order valence-corrected chi connectivity index (χ0v) is 16.4. The lowest BCUT2D eigenvalue weighted by Crippen LogP contribution is -2.39. The molecule has 0 aliphatic rings. The van der Waals surface area contributed by atoms with Gasteiger partial charge < -0.3 is 24.6 Å². The lowest BCUT2D eigenvalue weighted by Gasteiger charge is -2.25.